The lowest BCUT2D eigenvalue weighted by Crippen LogP contribution is -2.09. The molecule has 0 N–H and O–H groups in total. The highest BCUT2D eigenvalue weighted by Crippen LogP contribution is 2.21. The van der Waals surface area contributed by atoms with E-state index in [9.17, 15) is 14.4 Å². The predicted octanol–water partition coefficient (Wildman–Crippen LogP) is 14.8. The van der Waals surface area contributed by atoms with Gasteiger partial charge in [-0.1, -0.05) is 188 Å². The van der Waals surface area contributed by atoms with Crippen molar-refractivity contribution in [1.29, 1.82) is 0 Å². The molecular weight excluding hydrogens is 576 g/mol. The van der Waals surface area contributed by atoms with Crippen molar-refractivity contribution in [3.05, 3.63) is 34.9 Å². The molecule has 0 unspecified atom stereocenters. The van der Waals surface area contributed by atoms with Crippen LogP contribution >= 0.6 is 0 Å². The SMILES string of the molecule is CCCCCCCCCCCCCC(=O)c1cc(C(=O)CCCCCCCCCCC)cc(C(=O)CCCCCCCCCCC)c1. The fourth-order valence-electron chi connectivity index (χ4n) is 6.69. The molecule has 0 amide bonds. The minimum Gasteiger partial charge on any atom is -0.294 e. The molecule has 1 aromatic carbocycles. The minimum atomic E-state index is 0.0782. The van der Waals surface area contributed by atoms with Gasteiger partial charge in [0.1, 0.15) is 0 Å². The Bertz CT molecular complexity index is 864. The molecule has 0 aliphatic heterocycles. The van der Waals surface area contributed by atoms with Crippen LogP contribution in [0.1, 0.15) is 257 Å². The predicted molar refractivity (Wildman–Crippen MR) is 204 cm³/mol. The van der Waals surface area contributed by atoms with E-state index in [1.807, 2.05) is 0 Å². The van der Waals surface area contributed by atoms with E-state index in [2.05, 4.69) is 20.8 Å². The standard InChI is InChI=1S/C44H76O3/c1-4-7-10-13-16-19-20-23-26-29-32-35-44(47)41-37-39(42(45)33-30-27-24-21-17-14-11-8-5-2)36-40(38-41)43(46)34-31-28-25-22-18-15-12-9-6-3/h36-38H,4-35H2,1-3H3. The number of unbranched alkanes of at least 4 members (excludes halogenated alkanes) is 26. The first kappa shape index (κ1) is 43.3. The second kappa shape index (κ2) is 31.5. The normalized spacial score (nSPS) is 11.3. The third kappa shape index (κ3) is 24.1. The van der Waals surface area contributed by atoms with Crippen molar-refractivity contribution in [2.45, 2.75) is 226 Å². The van der Waals surface area contributed by atoms with Gasteiger partial charge in [0.2, 0.25) is 0 Å². The van der Waals surface area contributed by atoms with Crippen LogP contribution in [0.5, 0.6) is 0 Å². The second-order valence-electron chi connectivity index (χ2n) is 14.5. The van der Waals surface area contributed by atoms with Crippen LogP contribution in [0.3, 0.4) is 0 Å². The number of carbonyl (C=O) groups excluding carboxylic acids is 3. The summed E-state index contributed by atoms with van der Waals surface area (Å²) in [5.41, 5.74) is 1.68. The van der Waals surface area contributed by atoms with Crippen LogP contribution in [0.15, 0.2) is 18.2 Å². The highest BCUT2D eigenvalue weighted by atomic mass is 16.1. The Kier molecular flexibility index (Phi) is 29.0. The molecule has 0 saturated heterocycles. The van der Waals surface area contributed by atoms with Gasteiger partial charge in [-0.15, -0.1) is 0 Å². The average Bonchev–Trinajstić information content (AvgIpc) is 3.08. The maximum Gasteiger partial charge on any atom is 0.162 e. The van der Waals surface area contributed by atoms with E-state index in [0.717, 1.165) is 38.5 Å². The van der Waals surface area contributed by atoms with E-state index in [4.69, 9.17) is 0 Å². The zero-order valence-corrected chi connectivity index (χ0v) is 31.6. The lowest BCUT2D eigenvalue weighted by molar-refractivity contribution is 0.0978. The van der Waals surface area contributed by atoms with Crippen molar-refractivity contribution in [2.24, 2.45) is 0 Å². The number of rotatable bonds is 35. The summed E-state index contributed by atoms with van der Waals surface area (Å²) in [4.78, 5) is 39.8. The van der Waals surface area contributed by atoms with E-state index >= 15 is 0 Å². The van der Waals surface area contributed by atoms with Gasteiger partial charge in [-0.05, 0) is 37.5 Å². The summed E-state index contributed by atoms with van der Waals surface area (Å²) in [5.74, 6) is 0.236. The molecule has 0 spiro atoms. The Morgan fingerprint density at radius 2 is 0.468 bits per heavy atom. The highest BCUT2D eigenvalue weighted by Gasteiger charge is 2.16. The summed E-state index contributed by atoms with van der Waals surface area (Å²) < 4.78 is 0. The molecule has 1 rings (SSSR count). The average molecular weight is 653 g/mol. The summed E-state index contributed by atoms with van der Waals surface area (Å²) in [6.07, 6.45) is 37.2. The van der Waals surface area contributed by atoms with Gasteiger partial charge in [-0.3, -0.25) is 14.4 Å². The van der Waals surface area contributed by atoms with Gasteiger partial charge in [0, 0.05) is 36.0 Å². The zero-order valence-electron chi connectivity index (χ0n) is 31.6. The van der Waals surface area contributed by atoms with Crippen LogP contribution in [-0.2, 0) is 0 Å². The Morgan fingerprint density at radius 3 is 0.660 bits per heavy atom. The Morgan fingerprint density at radius 1 is 0.298 bits per heavy atom. The zero-order chi connectivity index (χ0) is 34.2. The van der Waals surface area contributed by atoms with E-state index in [0.29, 0.717) is 36.0 Å². The van der Waals surface area contributed by atoms with Crippen LogP contribution in [0, 0.1) is 0 Å². The van der Waals surface area contributed by atoms with Crippen molar-refractivity contribution in [3.8, 4) is 0 Å². The maximum absolute atomic E-state index is 13.3. The van der Waals surface area contributed by atoms with Gasteiger partial charge in [-0.25, -0.2) is 0 Å². The number of hydrogen-bond acceptors (Lipinski definition) is 3. The number of ketones is 3. The molecule has 0 atom stereocenters. The van der Waals surface area contributed by atoms with Crippen LogP contribution < -0.4 is 0 Å². The molecule has 0 fully saturated rings. The van der Waals surface area contributed by atoms with Gasteiger partial charge in [-0.2, -0.15) is 0 Å². The fraction of sp³-hybridized carbons (Fsp3) is 0.795. The van der Waals surface area contributed by atoms with E-state index in [-0.39, 0.29) is 17.3 Å². The van der Waals surface area contributed by atoms with Gasteiger partial charge in [0.05, 0.1) is 0 Å². The van der Waals surface area contributed by atoms with Crippen LogP contribution in [-0.4, -0.2) is 17.3 Å². The molecular formula is C44H76O3. The van der Waals surface area contributed by atoms with Crippen LogP contribution in [0.2, 0.25) is 0 Å². The smallest absolute Gasteiger partial charge is 0.162 e. The van der Waals surface area contributed by atoms with E-state index in [1.54, 1.807) is 18.2 Å². The molecule has 0 bridgehead atoms. The Hall–Kier alpha value is -1.77. The molecule has 0 saturated carbocycles. The molecule has 3 heteroatoms. The van der Waals surface area contributed by atoms with Crippen molar-refractivity contribution in [2.75, 3.05) is 0 Å². The first-order valence-electron chi connectivity index (χ1n) is 20.8. The molecule has 3 nitrogen and oxygen atoms in total. The Labute approximate surface area is 292 Å². The first-order chi connectivity index (χ1) is 23.0. The number of Topliss-reactive ketones (excluding diaryl/α,β-unsaturated/α-hetero) is 3. The largest absolute Gasteiger partial charge is 0.294 e. The Balaban J connectivity index is 2.60. The molecule has 1 aromatic rings. The van der Waals surface area contributed by atoms with Crippen LogP contribution in [0.25, 0.3) is 0 Å². The second-order valence-corrected chi connectivity index (χ2v) is 14.5. The highest BCUT2D eigenvalue weighted by molar-refractivity contribution is 6.06. The molecule has 0 aromatic heterocycles. The van der Waals surface area contributed by atoms with Gasteiger partial charge < -0.3 is 0 Å². The molecule has 270 valence electrons. The quantitative estimate of drug-likeness (QED) is 0.0541. The summed E-state index contributed by atoms with van der Waals surface area (Å²) >= 11 is 0. The third-order valence-electron chi connectivity index (χ3n) is 9.92. The molecule has 0 aliphatic rings. The number of hydrogen-bond donors (Lipinski definition) is 0. The third-order valence-corrected chi connectivity index (χ3v) is 9.92. The summed E-state index contributed by atoms with van der Waals surface area (Å²) in [6.45, 7) is 6.76. The molecule has 47 heavy (non-hydrogen) atoms. The van der Waals surface area contributed by atoms with E-state index in [1.165, 1.54) is 148 Å². The van der Waals surface area contributed by atoms with Crippen molar-refractivity contribution in [1.82, 2.24) is 0 Å². The maximum atomic E-state index is 13.3. The molecule has 0 aliphatic carbocycles. The lowest BCUT2D eigenvalue weighted by atomic mass is 9.93. The summed E-state index contributed by atoms with van der Waals surface area (Å²) in [6, 6.07) is 5.35. The van der Waals surface area contributed by atoms with Gasteiger partial charge in [0.15, 0.2) is 17.3 Å². The topological polar surface area (TPSA) is 51.2 Å². The summed E-state index contributed by atoms with van der Waals surface area (Å²) in [7, 11) is 0. The molecule has 0 heterocycles. The van der Waals surface area contributed by atoms with Crippen molar-refractivity contribution >= 4 is 17.3 Å². The van der Waals surface area contributed by atoms with E-state index < -0.39 is 0 Å². The first-order valence-corrected chi connectivity index (χ1v) is 20.8. The minimum absolute atomic E-state index is 0.0782. The van der Waals surface area contributed by atoms with Crippen LogP contribution in [0.4, 0.5) is 0 Å². The number of benzene rings is 1. The lowest BCUT2D eigenvalue weighted by Gasteiger charge is -2.10. The van der Waals surface area contributed by atoms with Gasteiger partial charge >= 0.3 is 0 Å². The molecule has 0 radical (unpaired) electrons. The van der Waals surface area contributed by atoms with Crippen molar-refractivity contribution < 1.29 is 14.4 Å². The van der Waals surface area contributed by atoms with Gasteiger partial charge in [0.25, 0.3) is 0 Å². The summed E-state index contributed by atoms with van der Waals surface area (Å²) in [5, 5.41) is 0. The monoisotopic (exact) mass is 653 g/mol. The van der Waals surface area contributed by atoms with Crippen molar-refractivity contribution in [3.63, 3.8) is 0 Å². The number of carbonyl (C=O) groups is 3. The fourth-order valence-corrected chi connectivity index (χ4v) is 6.69.